The zero-order chi connectivity index (χ0) is 27.9. The van der Waals surface area contributed by atoms with E-state index in [1.165, 1.54) is 11.8 Å². The van der Waals surface area contributed by atoms with E-state index in [1.807, 2.05) is 0 Å². The molecule has 3 saturated carbocycles. The number of fused-ring (bicyclic) bond motifs is 2. The third-order valence-corrected chi connectivity index (χ3v) is 7.78. The van der Waals surface area contributed by atoms with Crippen LogP contribution < -0.4 is 15.4 Å². The highest BCUT2D eigenvalue weighted by Crippen LogP contribution is 2.54. The number of carbonyl (C=O) groups is 2. The predicted octanol–water partition coefficient (Wildman–Crippen LogP) is 4.43. The Labute approximate surface area is 222 Å². The number of alkyl halides is 3. The highest BCUT2D eigenvalue weighted by atomic mass is 19.4. The van der Waals surface area contributed by atoms with Crippen LogP contribution in [0.5, 0.6) is 5.75 Å². The van der Waals surface area contributed by atoms with Crippen LogP contribution >= 0.6 is 0 Å². The summed E-state index contributed by atoms with van der Waals surface area (Å²) in [5, 5.41) is 9.86. The Morgan fingerprint density at radius 1 is 1.15 bits per heavy atom. The topological polar surface area (TPSA) is 94.5 Å². The SMILES string of the molecule is COCCn1cc(OC)c(C(=O)N[C@@H]2C3CCC(/C3=C/C3CC3)[C@@H]2C(=O)Nc2ccc(F)c(C(F)(F)F)c2)n1. The van der Waals surface area contributed by atoms with Crippen LogP contribution in [0.15, 0.2) is 36.0 Å². The molecule has 2 amide bonds. The molecule has 5 rings (SSSR count). The molecule has 4 atom stereocenters. The number of benzene rings is 1. The summed E-state index contributed by atoms with van der Waals surface area (Å²) in [7, 11) is 2.98. The maximum atomic E-state index is 13.8. The molecule has 0 aliphatic heterocycles. The Morgan fingerprint density at radius 2 is 1.90 bits per heavy atom. The molecule has 12 heteroatoms. The highest BCUT2D eigenvalue weighted by molar-refractivity contribution is 5.97. The maximum Gasteiger partial charge on any atom is 0.419 e. The van der Waals surface area contributed by atoms with E-state index < -0.39 is 41.3 Å². The molecule has 1 heterocycles. The van der Waals surface area contributed by atoms with Gasteiger partial charge in [-0.3, -0.25) is 14.3 Å². The summed E-state index contributed by atoms with van der Waals surface area (Å²) < 4.78 is 65.4. The number of carbonyl (C=O) groups excluding carboxylic acids is 2. The quantitative estimate of drug-likeness (QED) is 0.356. The number of ether oxygens (including phenoxy) is 2. The standard InChI is InChI=1S/C27H30F4N4O4/c1-38-10-9-35-13-21(39-2)24(34-35)26(37)33-23-17-7-6-16(18(17)11-14-3-4-14)22(23)25(36)32-15-5-8-20(28)19(12-15)27(29,30)31/h5,8,11-14,16-17,22-23H,3-4,6-7,9-10H2,1-2H3,(H,32,36)(H,33,37)/b18-11-/t16?,17?,22-,23+/m0/s1. The Bertz CT molecular complexity index is 1290. The second-order valence-corrected chi connectivity index (χ2v) is 10.3. The molecule has 1 aromatic heterocycles. The van der Waals surface area contributed by atoms with Gasteiger partial charge in [0, 0.05) is 24.8 Å². The van der Waals surface area contributed by atoms with Crippen molar-refractivity contribution in [2.24, 2.45) is 23.7 Å². The Kier molecular flexibility index (Phi) is 7.41. The second-order valence-electron chi connectivity index (χ2n) is 10.3. The van der Waals surface area contributed by atoms with Crippen molar-refractivity contribution in [2.75, 3.05) is 26.1 Å². The number of methoxy groups -OCH3 is 2. The number of aromatic nitrogens is 2. The molecule has 0 radical (unpaired) electrons. The van der Waals surface area contributed by atoms with E-state index in [2.05, 4.69) is 21.8 Å². The van der Waals surface area contributed by atoms with Gasteiger partial charge in [-0.05, 0) is 55.7 Å². The molecule has 2 N–H and O–H groups in total. The van der Waals surface area contributed by atoms with Gasteiger partial charge in [0.2, 0.25) is 5.91 Å². The van der Waals surface area contributed by atoms with E-state index in [0.717, 1.165) is 37.3 Å². The van der Waals surface area contributed by atoms with Gasteiger partial charge in [0.1, 0.15) is 5.82 Å². The van der Waals surface area contributed by atoms with Crippen LogP contribution in [0.25, 0.3) is 0 Å². The molecule has 210 valence electrons. The van der Waals surface area contributed by atoms with Crippen molar-refractivity contribution in [1.82, 2.24) is 15.1 Å². The molecule has 0 spiro atoms. The monoisotopic (exact) mass is 550 g/mol. The molecule has 2 bridgehead atoms. The lowest BCUT2D eigenvalue weighted by Crippen LogP contribution is -2.48. The van der Waals surface area contributed by atoms with Crippen molar-refractivity contribution >= 4 is 17.5 Å². The van der Waals surface area contributed by atoms with E-state index >= 15 is 0 Å². The summed E-state index contributed by atoms with van der Waals surface area (Å²) in [4.78, 5) is 26.9. The average Bonchev–Trinajstić information content (AvgIpc) is 3.37. The van der Waals surface area contributed by atoms with Crippen molar-refractivity contribution in [1.29, 1.82) is 0 Å². The van der Waals surface area contributed by atoms with E-state index in [9.17, 15) is 27.2 Å². The fourth-order valence-corrected chi connectivity index (χ4v) is 5.83. The van der Waals surface area contributed by atoms with Crippen LogP contribution in [0.1, 0.15) is 41.7 Å². The van der Waals surface area contributed by atoms with Crippen LogP contribution in [-0.4, -0.2) is 48.5 Å². The largest absolute Gasteiger partial charge is 0.493 e. The molecule has 3 fully saturated rings. The number of rotatable bonds is 9. The average molecular weight is 551 g/mol. The molecule has 8 nitrogen and oxygen atoms in total. The zero-order valence-corrected chi connectivity index (χ0v) is 21.6. The van der Waals surface area contributed by atoms with Crippen LogP contribution in [-0.2, 0) is 22.3 Å². The minimum Gasteiger partial charge on any atom is -0.493 e. The van der Waals surface area contributed by atoms with E-state index in [-0.39, 0.29) is 29.0 Å². The first kappa shape index (κ1) is 27.2. The van der Waals surface area contributed by atoms with E-state index in [0.29, 0.717) is 31.2 Å². The van der Waals surface area contributed by atoms with Crippen molar-refractivity contribution in [2.45, 2.75) is 44.4 Å². The first-order valence-corrected chi connectivity index (χ1v) is 12.9. The number of hydrogen-bond donors (Lipinski definition) is 2. The summed E-state index contributed by atoms with van der Waals surface area (Å²) in [5.74, 6) is -2.66. The van der Waals surface area contributed by atoms with Crippen molar-refractivity contribution in [3.8, 4) is 5.75 Å². The fraction of sp³-hybridized carbons (Fsp3) is 0.519. The molecule has 2 aromatic rings. The molecule has 39 heavy (non-hydrogen) atoms. The van der Waals surface area contributed by atoms with Gasteiger partial charge in [-0.25, -0.2) is 4.39 Å². The highest BCUT2D eigenvalue weighted by Gasteiger charge is 2.55. The zero-order valence-electron chi connectivity index (χ0n) is 21.6. The molecule has 1 aromatic carbocycles. The van der Waals surface area contributed by atoms with Gasteiger partial charge >= 0.3 is 6.18 Å². The molecule has 0 saturated heterocycles. The van der Waals surface area contributed by atoms with Crippen molar-refractivity contribution in [3.63, 3.8) is 0 Å². The number of amides is 2. The summed E-state index contributed by atoms with van der Waals surface area (Å²) in [5.41, 5.74) is -0.427. The summed E-state index contributed by atoms with van der Waals surface area (Å²) in [6, 6.07) is 1.79. The lowest BCUT2D eigenvalue weighted by molar-refractivity contribution is -0.140. The summed E-state index contributed by atoms with van der Waals surface area (Å²) in [6.45, 7) is 0.792. The smallest absolute Gasteiger partial charge is 0.419 e. The first-order valence-electron chi connectivity index (χ1n) is 12.9. The Hall–Kier alpha value is -3.41. The van der Waals surface area contributed by atoms with Gasteiger partial charge in [-0.1, -0.05) is 11.6 Å². The van der Waals surface area contributed by atoms with Gasteiger partial charge in [0.15, 0.2) is 11.4 Å². The summed E-state index contributed by atoms with van der Waals surface area (Å²) >= 11 is 0. The lowest BCUT2D eigenvalue weighted by atomic mass is 9.83. The Morgan fingerprint density at radius 3 is 2.56 bits per heavy atom. The number of nitrogens with one attached hydrogen (secondary N) is 2. The van der Waals surface area contributed by atoms with Gasteiger partial charge in [0.25, 0.3) is 5.91 Å². The predicted molar refractivity (Wildman–Crippen MR) is 132 cm³/mol. The van der Waals surface area contributed by atoms with Gasteiger partial charge in [-0.2, -0.15) is 18.3 Å². The summed E-state index contributed by atoms with van der Waals surface area (Å²) in [6.07, 6.45) is 2.55. The maximum absolute atomic E-state index is 13.8. The number of hydrogen-bond acceptors (Lipinski definition) is 5. The number of anilines is 1. The van der Waals surface area contributed by atoms with Gasteiger partial charge < -0.3 is 20.1 Å². The third kappa shape index (κ3) is 5.52. The minimum absolute atomic E-state index is 0.0663. The van der Waals surface area contributed by atoms with Gasteiger partial charge in [-0.15, -0.1) is 0 Å². The number of allylic oxidation sites excluding steroid dienone is 1. The molecular formula is C27H30F4N4O4. The first-order chi connectivity index (χ1) is 18.6. The molecule has 3 aliphatic carbocycles. The molecular weight excluding hydrogens is 520 g/mol. The van der Waals surface area contributed by atoms with Crippen molar-refractivity contribution in [3.05, 3.63) is 53.1 Å². The normalized spacial score (nSPS) is 25.2. The van der Waals surface area contributed by atoms with Crippen molar-refractivity contribution < 1.29 is 36.6 Å². The van der Waals surface area contributed by atoms with Crippen LogP contribution in [0.2, 0.25) is 0 Å². The lowest BCUT2D eigenvalue weighted by Gasteiger charge is -2.30. The minimum atomic E-state index is -4.90. The number of nitrogens with zero attached hydrogens (tertiary/aromatic N) is 2. The van der Waals surface area contributed by atoms with Gasteiger partial charge in [0.05, 0.1) is 37.9 Å². The molecule has 2 unspecified atom stereocenters. The second kappa shape index (κ2) is 10.6. The fourth-order valence-electron chi connectivity index (χ4n) is 5.83. The van der Waals surface area contributed by atoms with Crippen LogP contribution in [0.3, 0.4) is 0 Å². The molecule has 3 aliphatic rings. The Balaban J connectivity index is 1.41. The van der Waals surface area contributed by atoms with E-state index in [1.54, 1.807) is 13.3 Å². The van der Waals surface area contributed by atoms with E-state index in [4.69, 9.17) is 9.47 Å². The van der Waals surface area contributed by atoms with Crippen LogP contribution in [0, 0.1) is 29.5 Å². The van der Waals surface area contributed by atoms with Crippen LogP contribution in [0.4, 0.5) is 23.2 Å². The number of halogens is 4. The third-order valence-electron chi connectivity index (χ3n) is 7.78.